The summed E-state index contributed by atoms with van der Waals surface area (Å²) in [5.74, 6) is -0.0672. The Labute approximate surface area is 202 Å². The second kappa shape index (κ2) is 12.7. The summed E-state index contributed by atoms with van der Waals surface area (Å²) in [6.45, 7) is 4.23. The number of imidazole rings is 1. The Bertz CT molecular complexity index is 1020. The first-order valence-corrected chi connectivity index (χ1v) is 11.9. The van der Waals surface area contributed by atoms with Crippen LogP contribution in [0, 0.1) is 0 Å². The molecule has 0 spiro atoms. The van der Waals surface area contributed by atoms with Crippen molar-refractivity contribution >= 4 is 23.2 Å². The normalized spacial score (nSPS) is 11.6. The zero-order chi connectivity index (χ0) is 23.5. The number of carbonyl (C=O) groups excluding carboxylic acids is 1. The first-order chi connectivity index (χ1) is 16.0. The maximum atomic E-state index is 13.0. The average molecular weight is 465 g/mol. The molecule has 174 valence electrons. The van der Waals surface area contributed by atoms with Crippen LogP contribution >= 0.6 is 12.2 Å². The van der Waals surface area contributed by atoms with Gasteiger partial charge < -0.3 is 16.0 Å². The van der Waals surface area contributed by atoms with Gasteiger partial charge in [0.2, 0.25) is 12.2 Å². The van der Waals surface area contributed by atoms with Crippen LogP contribution in [0.1, 0.15) is 36.5 Å². The second-order valence-corrected chi connectivity index (χ2v) is 8.69. The monoisotopic (exact) mass is 464 g/mol. The van der Waals surface area contributed by atoms with Crippen LogP contribution < -0.4 is 20.5 Å². The molecule has 0 unspecified atom stereocenters. The summed E-state index contributed by atoms with van der Waals surface area (Å²) in [4.78, 5) is 13.0. The van der Waals surface area contributed by atoms with Gasteiger partial charge in [-0.05, 0) is 35.3 Å². The van der Waals surface area contributed by atoms with E-state index in [0.717, 1.165) is 37.1 Å². The van der Waals surface area contributed by atoms with Crippen LogP contribution in [-0.4, -0.2) is 28.2 Å². The predicted molar refractivity (Wildman–Crippen MR) is 136 cm³/mol. The van der Waals surface area contributed by atoms with E-state index in [1.54, 1.807) is 0 Å². The molecule has 0 aliphatic carbocycles. The van der Waals surface area contributed by atoms with E-state index in [4.69, 9.17) is 12.2 Å². The van der Waals surface area contributed by atoms with Gasteiger partial charge in [0.05, 0.1) is 7.05 Å². The molecule has 3 rings (SSSR count). The standard InChI is InChI=1S/C26H33N5OS/c1-3-4-14-27-26(33)29-24(17-21-8-6-5-7-9-21)25(32)28-18-22-10-12-23(13-11-22)19-31-16-15-30(2)20-31/h5-13,15-16,20,24H,3-4,14,17-19H2,1-2H3,(H2-,27,28,29,32,33)/p+1/t24-/m0/s1. The number of amides is 1. The highest BCUT2D eigenvalue weighted by atomic mass is 32.1. The van der Waals surface area contributed by atoms with E-state index in [-0.39, 0.29) is 5.91 Å². The minimum atomic E-state index is -0.442. The summed E-state index contributed by atoms with van der Waals surface area (Å²) in [5.41, 5.74) is 3.37. The van der Waals surface area contributed by atoms with Gasteiger partial charge in [-0.25, -0.2) is 9.13 Å². The van der Waals surface area contributed by atoms with Crippen molar-refractivity contribution in [1.29, 1.82) is 0 Å². The largest absolute Gasteiger partial charge is 0.363 e. The molecule has 7 heteroatoms. The predicted octanol–water partition coefficient (Wildman–Crippen LogP) is 2.85. The number of nitrogens with one attached hydrogen (secondary N) is 3. The Kier molecular flexibility index (Phi) is 9.44. The van der Waals surface area contributed by atoms with Crippen LogP contribution in [0.2, 0.25) is 0 Å². The minimum Gasteiger partial charge on any atom is -0.363 e. The number of thiocarbonyl (C=S) groups is 1. The average Bonchev–Trinajstić information content (AvgIpc) is 3.23. The second-order valence-electron chi connectivity index (χ2n) is 8.28. The van der Waals surface area contributed by atoms with Gasteiger partial charge in [-0.15, -0.1) is 0 Å². The van der Waals surface area contributed by atoms with Crippen LogP contribution in [0.4, 0.5) is 0 Å². The molecule has 2 aromatic carbocycles. The zero-order valence-corrected chi connectivity index (χ0v) is 20.3. The van der Waals surface area contributed by atoms with Crippen LogP contribution in [0.15, 0.2) is 73.3 Å². The van der Waals surface area contributed by atoms with E-state index in [1.807, 2.05) is 48.1 Å². The van der Waals surface area contributed by atoms with Crippen molar-refractivity contribution in [3.8, 4) is 0 Å². The number of rotatable bonds is 11. The molecule has 6 nitrogen and oxygen atoms in total. The molecule has 1 atom stereocenters. The fraction of sp³-hybridized carbons (Fsp3) is 0.346. The van der Waals surface area contributed by atoms with Crippen LogP contribution in [0.25, 0.3) is 0 Å². The van der Waals surface area contributed by atoms with Gasteiger partial charge in [-0.1, -0.05) is 67.9 Å². The topological polar surface area (TPSA) is 62.0 Å². The third-order valence-corrected chi connectivity index (χ3v) is 5.66. The molecule has 1 heterocycles. The number of aryl methyl sites for hydroxylation is 1. The fourth-order valence-corrected chi connectivity index (χ4v) is 3.77. The van der Waals surface area contributed by atoms with Gasteiger partial charge >= 0.3 is 0 Å². The number of nitrogens with zero attached hydrogens (tertiary/aromatic N) is 2. The molecule has 0 saturated heterocycles. The molecule has 1 amide bonds. The van der Waals surface area contributed by atoms with Crippen LogP contribution in [0.3, 0.4) is 0 Å². The van der Waals surface area contributed by atoms with Crippen molar-refractivity contribution < 1.29 is 9.36 Å². The Balaban J connectivity index is 1.56. The first kappa shape index (κ1) is 24.5. The lowest BCUT2D eigenvalue weighted by molar-refractivity contribution is -0.671. The van der Waals surface area contributed by atoms with Crippen molar-refractivity contribution in [3.63, 3.8) is 0 Å². The Morgan fingerprint density at radius 3 is 2.42 bits per heavy atom. The lowest BCUT2D eigenvalue weighted by Gasteiger charge is -2.21. The number of hydrogen-bond acceptors (Lipinski definition) is 2. The summed E-state index contributed by atoms with van der Waals surface area (Å²) < 4.78 is 4.16. The first-order valence-electron chi connectivity index (χ1n) is 11.5. The van der Waals surface area contributed by atoms with Gasteiger partial charge in [-0.2, -0.15) is 0 Å². The lowest BCUT2D eigenvalue weighted by Crippen LogP contribution is -2.51. The molecule has 1 aromatic heterocycles. The molecular weight excluding hydrogens is 430 g/mol. The molecule has 0 saturated carbocycles. The molecule has 0 aliphatic heterocycles. The highest BCUT2D eigenvalue weighted by Gasteiger charge is 2.19. The van der Waals surface area contributed by atoms with Crippen molar-refractivity contribution in [1.82, 2.24) is 20.5 Å². The van der Waals surface area contributed by atoms with Crippen molar-refractivity contribution in [2.24, 2.45) is 7.05 Å². The van der Waals surface area contributed by atoms with E-state index in [9.17, 15) is 4.79 Å². The number of hydrogen-bond donors (Lipinski definition) is 3. The van der Waals surface area contributed by atoms with E-state index in [0.29, 0.717) is 18.1 Å². The molecule has 0 aliphatic rings. The van der Waals surface area contributed by atoms with Gasteiger partial charge in [0.1, 0.15) is 25.0 Å². The Morgan fingerprint density at radius 1 is 1.03 bits per heavy atom. The molecule has 3 N–H and O–H groups in total. The number of unbranched alkanes of at least 4 members (excludes halogenated alkanes) is 1. The van der Waals surface area contributed by atoms with E-state index in [1.165, 1.54) is 5.56 Å². The van der Waals surface area contributed by atoms with E-state index < -0.39 is 6.04 Å². The van der Waals surface area contributed by atoms with Gasteiger partial charge in [0, 0.05) is 19.5 Å². The zero-order valence-electron chi connectivity index (χ0n) is 19.5. The summed E-state index contributed by atoms with van der Waals surface area (Å²) in [7, 11) is 2.01. The lowest BCUT2D eigenvalue weighted by atomic mass is 10.1. The highest BCUT2D eigenvalue weighted by Crippen LogP contribution is 2.08. The summed E-state index contributed by atoms with van der Waals surface area (Å²) >= 11 is 5.42. The van der Waals surface area contributed by atoms with Gasteiger partial charge in [0.15, 0.2) is 5.11 Å². The van der Waals surface area contributed by atoms with E-state index in [2.05, 4.69) is 64.2 Å². The van der Waals surface area contributed by atoms with Crippen molar-refractivity contribution in [3.05, 3.63) is 90.0 Å². The fourth-order valence-electron chi connectivity index (χ4n) is 3.53. The third kappa shape index (κ3) is 8.35. The number of carbonyl (C=O) groups is 1. The van der Waals surface area contributed by atoms with Gasteiger partial charge in [0.25, 0.3) is 0 Å². The quantitative estimate of drug-likeness (QED) is 0.232. The molecule has 33 heavy (non-hydrogen) atoms. The molecule has 0 fully saturated rings. The number of benzene rings is 2. The van der Waals surface area contributed by atoms with Crippen molar-refractivity contribution in [2.75, 3.05) is 6.54 Å². The summed E-state index contributed by atoms with van der Waals surface area (Å²) in [6.07, 6.45) is 8.82. The van der Waals surface area contributed by atoms with E-state index >= 15 is 0 Å². The van der Waals surface area contributed by atoms with Crippen LogP contribution in [0.5, 0.6) is 0 Å². The van der Waals surface area contributed by atoms with Gasteiger partial charge in [-0.3, -0.25) is 4.79 Å². The summed E-state index contributed by atoms with van der Waals surface area (Å²) in [5, 5.41) is 9.98. The SMILES string of the molecule is CCCCNC(=S)N[C@@H](Cc1ccccc1)C(=O)NCc1ccc(Cn2cc[n+](C)c2)cc1. The molecule has 0 bridgehead atoms. The molecule has 0 radical (unpaired) electrons. The maximum absolute atomic E-state index is 13.0. The Morgan fingerprint density at radius 2 is 1.76 bits per heavy atom. The van der Waals surface area contributed by atoms with Crippen molar-refractivity contribution in [2.45, 2.75) is 45.3 Å². The Hall–Kier alpha value is -3.19. The highest BCUT2D eigenvalue weighted by molar-refractivity contribution is 7.80. The molecule has 3 aromatic rings. The smallest absolute Gasteiger partial charge is 0.243 e. The number of aromatic nitrogens is 2. The third-order valence-electron chi connectivity index (χ3n) is 5.40. The molecular formula is C26H34N5OS+. The summed E-state index contributed by atoms with van der Waals surface area (Å²) in [6, 6.07) is 17.9. The maximum Gasteiger partial charge on any atom is 0.243 e. The minimum absolute atomic E-state index is 0.0672. The van der Waals surface area contributed by atoms with Crippen LogP contribution in [-0.2, 0) is 31.4 Å².